The van der Waals surface area contributed by atoms with Crippen LogP contribution in [-0.2, 0) is 6.42 Å². The third-order valence-electron chi connectivity index (χ3n) is 7.13. The first-order chi connectivity index (χ1) is 9.88. The largest absolute Gasteiger partial charge is 0.307 e. The van der Waals surface area contributed by atoms with E-state index in [0.29, 0.717) is 22.9 Å². The zero-order valence-electron chi connectivity index (χ0n) is 14.4. The van der Waals surface area contributed by atoms with E-state index in [-0.39, 0.29) is 0 Å². The number of rotatable bonds is 4. The zero-order chi connectivity index (χ0) is 15.3. The normalized spacial score (nSPS) is 35.1. The molecule has 0 radical (unpaired) electrons. The van der Waals surface area contributed by atoms with Crippen molar-refractivity contribution in [1.82, 2.24) is 5.32 Å². The van der Waals surface area contributed by atoms with Crippen LogP contribution in [0.5, 0.6) is 0 Å². The highest BCUT2D eigenvalue weighted by molar-refractivity contribution is 5.25. The van der Waals surface area contributed by atoms with E-state index < -0.39 is 0 Å². The molecule has 0 spiro atoms. The molecule has 3 rings (SSSR count). The summed E-state index contributed by atoms with van der Waals surface area (Å²) in [6.45, 7) is 12.0. The Hall–Kier alpha value is -0.820. The fraction of sp³-hybridized carbons (Fsp3) is 0.700. The second-order valence-electron chi connectivity index (χ2n) is 8.15. The lowest BCUT2D eigenvalue weighted by Crippen LogP contribution is -2.45. The number of fused-ring (bicyclic) bond motifs is 2. The molecule has 2 fully saturated rings. The molecule has 4 unspecified atom stereocenters. The van der Waals surface area contributed by atoms with Gasteiger partial charge < -0.3 is 5.32 Å². The second kappa shape index (κ2) is 5.12. The van der Waals surface area contributed by atoms with Gasteiger partial charge in [-0.15, -0.1) is 0 Å². The Bertz CT molecular complexity index is 501. The molecule has 4 atom stereocenters. The van der Waals surface area contributed by atoms with E-state index in [1.165, 1.54) is 30.4 Å². The van der Waals surface area contributed by atoms with Crippen LogP contribution in [-0.4, -0.2) is 6.04 Å². The molecule has 1 N–H and O–H groups in total. The van der Waals surface area contributed by atoms with Gasteiger partial charge in [-0.2, -0.15) is 0 Å². The lowest BCUT2D eigenvalue weighted by molar-refractivity contribution is 0.116. The Morgan fingerprint density at radius 3 is 2.33 bits per heavy atom. The maximum Gasteiger partial charge on any atom is 0.0294 e. The second-order valence-corrected chi connectivity index (χ2v) is 8.15. The fourth-order valence-electron chi connectivity index (χ4n) is 4.90. The quantitative estimate of drug-likeness (QED) is 0.810. The molecule has 2 bridgehead atoms. The number of hydrogen-bond donors (Lipinski definition) is 1. The maximum absolute atomic E-state index is 3.96. The van der Waals surface area contributed by atoms with Gasteiger partial charge in [-0.05, 0) is 60.5 Å². The van der Waals surface area contributed by atoms with E-state index in [9.17, 15) is 0 Å². The van der Waals surface area contributed by atoms with Crippen LogP contribution in [0.15, 0.2) is 24.3 Å². The van der Waals surface area contributed by atoms with Crippen LogP contribution in [0.4, 0.5) is 0 Å². The van der Waals surface area contributed by atoms with Crippen LogP contribution >= 0.6 is 0 Å². The lowest BCUT2D eigenvalue weighted by Gasteiger charge is -2.40. The SMILES string of the molecule is CCc1ccc(C(C)NC2CC3CCC2(C)C3(C)C)cc1. The van der Waals surface area contributed by atoms with Crippen LogP contribution in [0.3, 0.4) is 0 Å². The van der Waals surface area contributed by atoms with Gasteiger partial charge in [-0.25, -0.2) is 0 Å². The number of aryl methyl sites for hydroxylation is 1. The first kappa shape index (κ1) is 15.1. The third-order valence-corrected chi connectivity index (χ3v) is 7.13. The van der Waals surface area contributed by atoms with Crippen LogP contribution in [0.2, 0.25) is 0 Å². The summed E-state index contributed by atoms with van der Waals surface area (Å²) in [5.74, 6) is 0.912. The number of nitrogens with one attached hydrogen (secondary N) is 1. The Morgan fingerprint density at radius 1 is 1.19 bits per heavy atom. The fourth-order valence-corrected chi connectivity index (χ4v) is 4.90. The Morgan fingerprint density at radius 2 is 1.86 bits per heavy atom. The smallest absolute Gasteiger partial charge is 0.0294 e. The highest BCUT2D eigenvalue weighted by Gasteiger charge is 2.61. The summed E-state index contributed by atoms with van der Waals surface area (Å²) in [6, 6.07) is 10.3. The van der Waals surface area contributed by atoms with E-state index in [2.05, 4.69) is 64.2 Å². The predicted octanol–water partition coefficient (Wildman–Crippen LogP) is 5.11. The Labute approximate surface area is 130 Å². The van der Waals surface area contributed by atoms with Gasteiger partial charge in [0.05, 0.1) is 0 Å². The molecule has 1 nitrogen and oxygen atoms in total. The summed E-state index contributed by atoms with van der Waals surface area (Å²) in [4.78, 5) is 0. The molecule has 0 aromatic heterocycles. The van der Waals surface area contributed by atoms with Crippen LogP contribution in [0.1, 0.15) is 71.0 Å². The number of benzene rings is 1. The van der Waals surface area contributed by atoms with Gasteiger partial charge in [-0.3, -0.25) is 0 Å². The molecule has 1 aromatic carbocycles. The van der Waals surface area contributed by atoms with Gasteiger partial charge in [0.25, 0.3) is 0 Å². The Kier molecular flexibility index (Phi) is 3.68. The van der Waals surface area contributed by atoms with Gasteiger partial charge >= 0.3 is 0 Å². The average molecular weight is 285 g/mol. The summed E-state index contributed by atoms with van der Waals surface area (Å²) in [5.41, 5.74) is 3.82. The van der Waals surface area contributed by atoms with Crippen molar-refractivity contribution in [2.45, 2.75) is 72.4 Å². The van der Waals surface area contributed by atoms with Gasteiger partial charge in [0, 0.05) is 12.1 Å². The van der Waals surface area contributed by atoms with E-state index in [1.54, 1.807) is 0 Å². The Balaban J connectivity index is 1.72. The molecule has 2 saturated carbocycles. The molecule has 21 heavy (non-hydrogen) atoms. The summed E-state index contributed by atoms with van der Waals surface area (Å²) in [6.07, 6.45) is 5.31. The molecular weight excluding hydrogens is 254 g/mol. The maximum atomic E-state index is 3.96. The standard InChI is InChI=1S/C20H31N/c1-6-15-7-9-16(10-8-15)14(2)21-18-13-17-11-12-20(18,5)19(17,3)4/h7-10,14,17-18,21H,6,11-13H2,1-5H3. The molecule has 1 heteroatoms. The lowest BCUT2D eigenvalue weighted by atomic mass is 9.69. The molecule has 0 aliphatic heterocycles. The van der Waals surface area contributed by atoms with Crippen molar-refractivity contribution in [2.75, 3.05) is 0 Å². The summed E-state index contributed by atoms with van der Waals surface area (Å²) >= 11 is 0. The highest BCUT2D eigenvalue weighted by Crippen LogP contribution is 2.65. The summed E-state index contributed by atoms with van der Waals surface area (Å²) in [7, 11) is 0. The van der Waals surface area contributed by atoms with E-state index in [0.717, 1.165) is 12.3 Å². The van der Waals surface area contributed by atoms with Gasteiger partial charge in [0.1, 0.15) is 0 Å². The first-order valence-corrected chi connectivity index (χ1v) is 8.73. The average Bonchev–Trinajstić information content (AvgIpc) is 2.80. The predicted molar refractivity (Wildman–Crippen MR) is 90.4 cm³/mol. The van der Waals surface area contributed by atoms with Crippen molar-refractivity contribution in [1.29, 1.82) is 0 Å². The van der Waals surface area contributed by atoms with Crippen LogP contribution in [0.25, 0.3) is 0 Å². The van der Waals surface area contributed by atoms with Crippen molar-refractivity contribution >= 4 is 0 Å². The van der Waals surface area contributed by atoms with E-state index in [4.69, 9.17) is 0 Å². The number of hydrogen-bond acceptors (Lipinski definition) is 1. The molecule has 0 heterocycles. The first-order valence-electron chi connectivity index (χ1n) is 8.73. The summed E-state index contributed by atoms with van der Waals surface area (Å²) in [5, 5.41) is 3.96. The zero-order valence-corrected chi connectivity index (χ0v) is 14.4. The molecule has 2 aliphatic rings. The van der Waals surface area contributed by atoms with Crippen molar-refractivity contribution in [3.8, 4) is 0 Å². The molecule has 1 aromatic rings. The minimum Gasteiger partial charge on any atom is -0.307 e. The van der Waals surface area contributed by atoms with Crippen molar-refractivity contribution in [2.24, 2.45) is 16.7 Å². The van der Waals surface area contributed by atoms with Gasteiger partial charge in [0.2, 0.25) is 0 Å². The van der Waals surface area contributed by atoms with Gasteiger partial charge in [-0.1, -0.05) is 52.0 Å². The van der Waals surface area contributed by atoms with E-state index >= 15 is 0 Å². The van der Waals surface area contributed by atoms with Crippen molar-refractivity contribution in [3.05, 3.63) is 35.4 Å². The molecule has 116 valence electrons. The van der Waals surface area contributed by atoms with E-state index in [1.807, 2.05) is 0 Å². The molecular formula is C20H31N. The highest BCUT2D eigenvalue weighted by atomic mass is 15.0. The molecule has 0 saturated heterocycles. The minimum absolute atomic E-state index is 0.452. The topological polar surface area (TPSA) is 12.0 Å². The van der Waals surface area contributed by atoms with Crippen molar-refractivity contribution < 1.29 is 0 Å². The van der Waals surface area contributed by atoms with Crippen LogP contribution in [0, 0.1) is 16.7 Å². The molecule has 2 aliphatic carbocycles. The third kappa shape index (κ3) is 2.25. The minimum atomic E-state index is 0.452. The van der Waals surface area contributed by atoms with Crippen molar-refractivity contribution in [3.63, 3.8) is 0 Å². The summed E-state index contributed by atoms with van der Waals surface area (Å²) < 4.78 is 0. The monoisotopic (exact) mass is 285 g/mol. The molecule has 0 amide bonds. The van der Waals surface area contributed by atoms with Gasteiger partial charge in [0.15, 0.2) is 0 Å². The van der Waals surface area contributed by atoms with Crippen LogP contribution < -0.4 is 5.32 Å².